The van der Waals surface area contributed by atoms with E-state index >= 15 is 0 Å². The number of nitrogens with zero attached hydrogens (tertiary/aromatic N) is 2. The molecule has 37 heavy (non-hydrogen) atoms. The van der Waals surface area contributed by atoms with Crippen LogP contribution in [0.3, 0.4) is 0 Å². The zero-order valence-electron chi connectivity index (χ0n) is 22.5. The molecule has 2 amide bonds. The first-order valence-electron chi connectivity index (χ1n) is 12.2. The molecule has 7 nitrogen and oxygen atoms in total. The molecule has 0 saturated heterocycles. The zero-order chi connectivity index (χ0) is 28.1. The van der Waals surface area contributed by atoms with E-state index in [1.54, 1.807) is 37.3 Å². The zero-order valence-corrected chi connectivity index (χ0v) is 24.8. The highest BCUT2D eigenvalue weighted by Crippen LogP contribution is 2.27. The second-order valence-corrected chi connectivity index (χ2v) is 13.1. The maximum atomic E-state index is 13.6. The molecule has 2 aromatic carbocycles. The highest BCUT2D eigenvalue weighted by atomic mass is 35.5. The van der Waals surface area contributed by atoms with Gasteiger partial charge in [-0.15, -0.1) is 0 Å². The Morgan fingerprint density at radius 3 is 2.08 bits per heavy atom. The summed E-state index contributed by atoms with van der Waals surface area (Å²) < 4.78 is 26.5. The van der Waals surface area contributed by atoms with Crippen LogP contribution in [0.15, 0.2) is 42.5 Å². The van der Waals surface area contributed by atoms with Crippen molar-refractivity contribution in [1.29, 1.82) is 0 Å². The third kappa shape index (κ3) is 8.62. The van der Waals surface area contributed by atoms with E-state index in [1.165, 1.54) is 4.90 Å². The summed E-state index contributed by atoms with van der Waals surface area (Å²) in [6.45, 7) is 11.2. The van der Waals surface area contributed by atoms with Crippen molar-refractivity contribution in [3.05, 3.63) is 63.6 Å². The molecule has 0 aliphatic rings. The highest BCUT2D eigenvalue weighted by molar-refractivity contribution is 7.92. The van der Waals surface area contributed by atoms with Gasteiger partial charge in [0.15, 0.2) is 0 Å². The van der Waals surface area contributed by atoms with Crippen molar-refractivity contribution >= 4 is 50.7 Å². The van der Waals surface area contributed by atoms with Crippen LogP contribution in [-0.2, 0) is 31.6 Å². The molecular formula is C27H37Cl2N3O4S. The van der Waals surface area contributed by atoms with E-state index < -0.39 is 28.5 Å². The fraction of sp³-hybridized carbons (Fsp3) is 0.481. The van der Waals surface area contributed by atoms with Crippen LogP contribution < -0.4 is 9.62 Å². The minimum absolute atomic E-state index is 0.0470. The summed E-state index contributed by atoms with van der Waals surface area (Å²) in [7, 11) is -3.80. The van der Waals surface area contributed by atoms with Gasteiger partial charge in [0.2, 0.25) is 21.8 Å². The van der Waals surface area contributed by atoms with Gasteiger partial charge in [-0.1, -0.05) is 69.1 Å². The molecule has 0 unspecified atom stereocenters. The molecule has 2 aromatic rings. The van der Waals surface area contributed by atoms with Crippen molar-refractivity contribution in [2.24, 2.45) is 0 Å². The van der Waals surface area contributed by atoms with E-state index in [0.717, 1.165) is 22.5 Å². The second kappa shape index (κ2) is 12.5. The average Bonchev–Trinajstić information content (AvgIpc) is 2.81. The molecule has 0 bridgehead atoms. The van der Waals surface area contributed by atoms with Gasteiger partial charge in [-0.3, -0.25) is 13.9 Å². The minimum atomic E-state index is -3.80. The van der Waals surface area contributed by atoms with Crippen molar-refractivity contribution in [2.75, 3.05) is 17.1 Å². The van der Waals surface area contributed by atoms with Crippen LogP contribution in [0.2, 0.25) is 10.0 Å². The number of rotatable bonds is 10. The first-order chi connectivity index (χ1) is 17.0. The number of sulfonamides is 1. The van der Waals surface area contributed by atoms with Crippen LogP contribution in [0.25, 0.3) is 0 Å². The molecule has 0 spiro atoms. The molecule has 0 saturated carbocycles. The van der Waals surface area contributed by atoms with E-state index in [2.05, 4.69) is 26.1 Å². The Hall–Kier alpha value is -2.29. The summed E-state index contributed by atoms with van der Waals surface area (Å²) in [4.78, 5) is 28.0. The highest BCUT2D eigenvalue weighted by Gasteiger charge is 2.30. The van der Waals surface area contributed by atoms with Gasteiger partial charge in [0.05, 0.1) is 22.0 Å². The van der Waals surface area contributed by atoms with Gasteiger partial charge in [-0.05, 0) is 61.1 Å². The number of hydrogen-bond acceptors (Lipinski definition) is 4. The number of benzene rings is 2. The van der Waals surface area contributed by atoms with Crippen LogP contribution in [-0.4, -0.2) is 50.0 Å². The predicted molar refractivity (Wildman–Crippen MR) is 152 cm³/mol. The molecule has 1 N–H and O–H groups in total. The normalized spacial score (nSPS) is 13.5. The lowest BCUT2D eigenvalue weighted by Gasteiger charge is -2.32. The first-order valence-corrected chi connectivity index (χ1v) is 14.8. The summed E-state index contributed by atoms with van der Waals surface area (Å²) in [6, 6.07) is 11.1. The number of amides is 2. The Morgan fingerprint density at radius 2 is 1.59 bits per heavy atom. The van der Waals surface area contributed by atoms with Crippen molar-refractivity contribution < 1.29 is 18.0 Å². The molecular weight excluding hydrogens is 533 g/mol. The minimum Gasteiger partial charge on any atom is -0.352 e. The standard InChI is InChI=1S/C27H37Cl2N3O4S/c1-8-18(2)30-26(34)19(3)31(16-20-9-14-23(28)24(29)15-20)25(33)17-32(37(7,35)36)22-12-10-21(11-13-22)27(4,5)6/h9-15,18-19H,8,16-17H2,1-7H3,(H,30,34)/t18-,19-/m0/s1. The van der Waals surface area contributed by atoms with Gasteiger partial charge in [0.1, 0.15) is 12.6 Å². The molecule has 0 heterocycles. The summed E-state index contributed by atoms with van der Waals surface area (Å²) in [6.07, 6.45) is 1.78. The van der Waals surface area contributed by atoms with Gasteiger partial charge in [-0.2, -0.15) is 0 Å². The third-order valence-corrected chi connectivity index (χ3v) is 8.09. The largest absolute Gasteiger partial charge is 0.352 e. The molecule has 0 fully saturated rings. The molecule has 0 aliphatic carbocycles. The molecule has 2 atom stereocenters. The Kier molecular flexibility index (Phi) is 10.5. The van der Waals surface area contributed by atoms with Gasteiger partial charge in [0, 0.05) is 12.6 Å². The van der Waals surface area contributed by atoms with Crippen LogP contribution in [0.1, 0.15) is 59.1 Å². The molecule has 10 heteroatoms. The fourth-order valence-corrected chi connectivity index (χ4v) is 4.79. The second-order valence-electron chi connectivity index (χ2n) is 10.3. The van der Waals surface area contributed by atoms with Gasteiger partial charge in [0.25, 0.3) is 0 Å². The number of carbonyl (C=O) groups is 2. The van der Waals surface area contributed by atoms with E-state index in [0.29, 0.717) is 21.3 Å². The molecule has 2 rings (SSSR count). The monoisotopic (exact) mass is 569 g/mol. The van der Waals surface area contributed by atoms with Crippen molar-refractivity contribution in [1.82, 2.24) is 10.2 Å². The van der Waals surface area contributed by atoms with Crippen LogP contribution >= 0.6 is 23.2 Å². The topological polar surface area (TPSA) is 86.8 Å². The number of halogens is 2. The lowest BCUT2D eigenvalue weighted by Crippen LogP contribution is -2.52. The maximum absolute atomic E-state index is 13.6. The summed E-state index contributed by atoms with van der Waals surface area (Å²) in [5.41, 5.74) is 1.95. The Balaban J connectivity index is 2.42. The van der Waals surface area contributed by atoms with Crippen molar-refractivity contribution in [3.8, 4) is 0 Å². The Bertz CT molecular complexity index is 1210. The number of nitrogens with one attached hydrogen (secondary N) is 1. The Morgan fingerprint density at radius 1 is 1.00 bits per heavy atom. The lowest BCUT2D eigenvalue weighted by molar-refractivity contribution is -0.139. The van der Waals surface area contributed by atoms with Crippen LogP contribution in [0, 0.1) is 0 Å². The van der Waals surface area contributed by atoms with Crippen LogP contribution in [0.5, 0.6) is 0 Å². The van der Waals surface area contributed by atoms with Crippen LogP contribution in [0.4, 0.5) is 5.69 Å². The fourth-order valence-electron chi connectivity index (χ4n) is 3.62. The van der Waals surface area contributed by atoms with Gasteiger partial charge < -0.3 is 10.2 Å². The number of carbonyl (C=O) groups excluding carboxylic acids is 2. The molecule has 0 radical (unpaired) electrons. The van der Waals surface area contributed by atoms with E-state index in [1.807, 2.05) is 26.0 Å². The Labute approximate surface area is 231 Å². The van der Waals surface area contributed by atoms with E-state index in [-0.39, 0.29) is 23.9 Å². The average molecular weight is 571 g/mol. The quantitative estimate of drug-likeness (QED) is 0.415. The summed E-state index contributed by atoms with van der Waals surface area (Å²) >= 11 is 12.2. The summed E-state index contributed by atoms with van der Waals surface area (Å²) in [5.74, 6) is -0.855. The molecule has 204 valence electrons. The van der Waals surface area contributed by atoms with Gasteiger partial charge in [-0.25, -0.2) is 8.42 Å². The molecule has 0 aliphatic heterocycles. The SMILES string of the molecule is CC[C@H](C)NC(=O)[C@H](C)N(Cc1ccc(Cl)c(Cl)c1)C(=O)CN(c1ccc(C(C)(C)C)cc1)S(C)(=O)=O. The number of hydrogen-bond donors (Lipinski definition) is 1. The predicted octanol–water partition coefficient (Wildman–Crippen LogP) is 5.39. The van der Waals surface area contributed by atoms with E-state index in [9.17, 15) is 18.0 Å². The van der Waals surface area contributed by atoms with E-state index in [4.69, 9.17) is 23.2 Å². The first kappa shape index (κ1) is 30.9. The lowest BCUT2D eigenvalue weighted by atomic mass is 9.87. The van der Waals surface area contributed by atoms with Crippen molar-refractivity contribution in [2.45, 2.75) is 72.0 Å². The number of anilines is 1. The third-order valence-electron chi connectivity index (χ3n) is 6.21. The molecule has 0 aromatic heterocycles. The summed E-state index contributed by atoms with van der Waals surface area (Å²) in [5, 5.41) is 3.58. The maximum Gasteiger partial charge on any atom is 0.244 e. The smallest absolute Gasteiger partial charge is 0.244 e. The van der Waals surface area contributed by atoms with Gasteiger partial charge >= 0.3 is 0 Å². The van der Waals surface area contributed by atoms with Crippen molar-refractivity contribution in [3.63, 3.8) is 0 Å².